The maximum Gasteiger partial charge on any atom is 0.240 e. The molecule has 1 atom stereocenters. The van der Waals surface area contributed by atoms with Gasteiger partial charge < -0.3 is 0 Å². The van der Waals surface area contributed by atoms with E-state index in [1.807, 2.05) is 28.8 Å². The molecular weight excluding hydrogens is 342 g/mol. The highest BCUT2D eigenvalue weighted by atomic mass is 32.2. The lowest BCUT2D eigenvalue weighted by Gasteiger charge is -2.37. The number of anilines is 1. The van der Waals surface area contributed by atoms with Crippen LogP contribution in [-0.2, 0) is 4.79 Å². The largest absolute Gasteiger partial charge is 0.291 e. The molecule has 0 radical (unpaired) electrons. The fourth-order valence-electron chi connectivity index (χ4n) is 3.81. The summed E-state index contributed by atoms with van der Waals surface area (Å²) in [4.78, 5) is 22.9. The highest BCUT2D eigenvalue weighted by Gasteiger charge is 2.55. The van der Waals surface area contributed by atoms with E-state index < -0.39 is 5.41 Å². The Morgan fingerprint density at radius 2 is 1.69 bits per heavy atom. The van der Waals surface area contributed by atoms with Crippen molar-refractivity contribution in [1.82, 2.24) is 4.90 Å². The van der Waals surface area contributed by atoms with E-state index >= 15 is 0 Å². The lowest BCUT2D eigenvalue weighted by atomic mass is 9.85. The van der Waals surface area contributed by atoms with Crippen LogP contribution in [0.2, 0.25) is 0 Å². The van der Waals surface area contributed by atoms with Gasteiger partial charge in [0.1, 0.15) is 5.84 Å². The normalized spacial score (nSPS) is 25.9. The van der Waals surface area contributed by atoms with Gasteiger partial charge in [-0.1, -0.05) is 17.7 Å². The lowest BCUT2D eigenvalue weighted by molar-refractivity contribution is -0.125. The van der Waals surface area contributed by atoms with Crippen molar-refractivity contribution in [2.24, 2.45) is 10.4 Å². The van der Waals surface area contributed by atoms with E-state index in [0.717, 1.165) is 36.1 Å². The first-order valence-corrected chi connectivity index (χ1v) is 10.6. The number of aliphatic imine (C=N–C) groups is 1. The van der Waals surface area contributed by atoms with Gasteiger partial charge in [0, 0.05) is 24.6 Å². The van der Waals surface area contributed by atoms with E-state index in [4.69, 9.17) is 4.99 Å². The summed E-state index contributed by atoms with van der Waals surface area (Å²) in [5, 5.41) is 0. The van der Waals surface area contributed by atoms with Crippen LogP contribution in [-0.4, -0.2) is 52.8 Å². The number of benzene rings is 1. The molecule has 1 amide bonds. The average Bonchev–Trinajstić information content (AvgIpc) is 2.74. The van der Waals surface area contributed by atoms with E-state index in [9.17, 15) is 4.79 Å². The first-order chi connectivity index (χ1) is 12.1. The summed E-state index contributed by atoms with van der Waals surface area (Å²) in [6, 6.07) is 8.23. The summed E-state index contributed by atoms with van der Waals surface area (Å²) in [5.41, 5.74) is 1.39. The second-order valence-corrected chi connectivity index (χ2v) is 10.1. The summed E-state index contributed by atoms with van der Waals surface area (Å²) < 4.78 is 0. The summed E-state index contributed by atoms with van der Waals surface area (Å²) in [6.45, 7) is 14.6. The molecular formula is C21H31N3OS. The molecule has 1 unspecified atom stereocenters. The predicted octanol–water partition coefficient (Wildman–Crippen LogP) is 3.98. The van der Waals surface area contributed by atoms with Crippen molar-refractivity contribution in [3.63, 3.8) is 0 Å². The molecule has 5 heteroatoms. The lowest BCUT2D eigenvalue weighted by Crippen LogP contribution is -2.51. The Morgan fingerprint density at radius 3 is 2.23 bits per heavy atom. The third kappa shape index (κ3) is 3.70. The topological polar surface area (TPSA) is 35.9 Å². The molecule has 0 saturated carbocycles. The minimum absolute atomic E-state index is 0.0245. The van der Waals surface area contributed by atoms with E-state index in [0.29, 0.717) is 0 Å². The van der Waals surface area contributed by atoms with Crippen LogP contribution >= 0.6 is 11.8 Å². The van der Waals surface area contributed by atoms with Crippen LogP contribution in [0.4, 0.5) is 5.69 Å². The van der Waals surface area contributed by atoms with Gasteiger partial charge >= 0.3 is 0 Å². The van der Waals surface area contributed by atoms with Crippen LogP contribution in [0.5, 0.6) is 0 Å². The number of rotatable bonds is 2. The highest BCUT2D eigenvalue weighted by Crippen LogP contribution is 2.40. The van der Waals surface area contributed by atoms with E-state index in [2.05, 4.69) is 58.6 Å². The molecule has 0 N–H and O–H groups in total. The molecule has 26 heavy (non-hydrogen) atoms. The molecule has 2 aliphatic rings. The predicted molar refractivity (Wildman–Crippen MR) is 112 cm³/mol. The van der Waals surface area contributed by atoms with Crippen LogP contribution in [0.3, 0.4) is 0 Å². The van der Waals surface area contributed by atoms with Gasteiger partial charge in [-0.25, -0.2) is 0 Å². The van der Waals surface area contributed by atoms with Gasteiger partial charge in [0.15, 0.2) is 0 Å². The van der Waals surface area contributed by atoms with Crippen LogP contribution in [0.15, 0.2) is 29.3 Å². The summed E-state index contributed by atoms with van der Waals surface area (Å²) >= 11 is 1.99. The van der Waals surface area contributed by atoms with Crippen molar-refractivity contribution in [3.05, 3.63) is 29.8 Å². The number of aryl methyl sites for hydroxylation is 1. The van der Waals surface area contributed by atoms with Gasteiger partial charge in [-0.2, -0.15) is 11.8 Å². The maximum atomic E-state index is 13.5. The molecule has 142 valence electrons. The van der Waals surface area contributed by atoms with Gasteiger partial charge in [0.2, 0.25) is 5.91 Å². The molecule has 3 rings (SSSR count). The van der Waals surface area contributed by atoms with Crippen LogP contribution in [0.1, 0.15) is 40.2 Å². The minimum atomic E-state index is -0.489. The van der Waals surface area contributed by atoms with Crippen LogP contribution < -0.4 is 4.90 Å². The summed E-state index contributed by atoms with van der Waals surface area (Å²) in [6.07, 6.45) is 0. The monoisotopic (exact) mass is 373 g/mol. The molecule has 2 aliphatic heterocycles. The van der Waals surface area contributed by atoms with Crippen molar-refractivity contribution >= 4 is 29.2 Å². The maximum absolute atomic E-state index is 13.5. The summed E-state index contributed by atoms with van der Waals surface area (Å²) in [7, 11) is 0. The van der Waals surface area contributed by atoms with E-state index in [-0.39, 0.29) is 17.5 Å². The zero-order valence-electron chi connectivity index (χ0n) is 16.9. The Balaban J connectivity index is 2.11. The third-order valence-electron chi connectivity index (χ3n) is 5.06. The Kier molecular flexibility index (Phi) is 5.24. The number of carbonyl (C=O) groups excluding carboxylic acids is 1. The molecule has 1 aromatic rings. The Morgan fingerprint density at radius 1 is 1.12 bits per heavy atom. The van der Waals surface area contributed by atoms with E-state index in [1.165, 1.54) is 5.56 Å². The quantitative estimate of drug-likeness (QED) is 0.787. The molecule has 0 aromatic heterocycles. The van der Waals surface area contributed by atoms with Gasteiger partial charge in [0.25, 0.3) is 0 Å². The average molecular weight is 374 g/mol. The summed E-state index contributed by atoms with van der Waals surface area (Å²) in [5.74, 6) is 3.29. The fourth-order valence-corrected chi connectivity index (χ4v) is 4.74. The number of thioether (sulfide) groups is 1. The molecule has 1 aromatic carbocycles. The molecule has 4 nitrogen and oxygen atoms in total. The van der Waals surface area contributed by atoms with Crippen molar-refractivity contribution < 1.29 is 4.79 Å². The van der Waals surface area contributed by atoms with Gasteiger partial charge in [0.05, 0.1) is 22.7 Å². The Hall–Kier alpha value is -1.33. The van der Waals surface area contributed by atoms with E-state index in [1.54, 1.807) is 0 Å². The number of hydrogen-bond acceptors (Lipinski definition) is 4. The zero-order chi connectivity index (χ0) is 19.1. The minimum Gasteiger partial charge on any atom is -0.291 e. The van der Waals surface area contributed by atoms with Crippen LogP contribution in [0, 0.1) is 12.3 Å². The number of amidine groups is 1. The Bertz CT molecular complexity index is 697. The Labute approximate surface area is 162 Å². The highest BCUT2D eigenvalue weighted by molar-refractivity contribution is 7.99. The molecule has 0 spiro atoms. The molecule has 0 bridgehead atoms. The zero-order valence-corrected chi connectivity index (χ0v) is 17.7. The van der Waals surface area contributed by atoms with Crippen LogP contribution in [0.25, 0.3) is 0 Å². The second-order valence-electron chi connectivity index (χ2n) is 8.89. The molecule has 0 aliphatic carbocycles. The number of nitrogens with zero attached hydrogens (tertiary/aromatic N) is 3. The van der Waals surface area contributed by atoms with Crippen molar-refractivity contribution in [2.75, 3.05) is 29.5 Å². The number of carbonyl (C=O) groups is 1. The fraction of sp³-hybridized carbons (Fsp3) is 0.619. The third-order valence-corrected chi connectivity index (χ3v) is 6.01. The SMILES string of the molecule is Cc1ccc(N2C(=O)C(C)(C)C(N3CCSCC3)C2=NC(C)(C)C)cc1. The number of hydrogen-bond donors (Lipinski definition) is 0. The first-order valence-electron chi connectivity index (χ1n) is 9.44. The smallest absolute Gasteiger partial charge is 0.240 e. The first kappa shape index (κ1) is 19.4. The second kappa shape index (κ2) is 7.01. The van der Waals surface area contributed by atoms with Crippen molar-refractivity contribution in [3.8, 4) is 0 Å². The van der Waals surface area contributed by atoms with Crippen molar-refractivity contribution in [1.29, 1.82) is 0 Å². The molecule has 2 heterocycles. The molecule has 2 fully saturated rings. The number of amides is 1. The van der Waals surface area contributed by atoms with Gasteiger partial charge in [-0.05, 0) is 53.7 Å². The van der Waals surface area contributed by atoms with Crippen molar-refractivity contribution in [2.45, 2.75) is 53.1 Å². The van der Waals surface area contributed by atoms with Gasteiger partial charge in [-0.3, -0.25) is 19.6 Å². The van der Waals surface area contributed by atoms with Gasteiger partial charge in [-0.15, -0.1) is 0 Å². The standard InChI is InChI=1S/C21H31N3OS/c1-15-7-9-16(10-8-15)24-18(22-20(2,3)4)17(21(5,6)19(24)25)23-11-13-26-14-12-23/h7-10,17H,11-14H2,1-6H3. The molecule has 2 saturated heterocycles.